The average Bonchev–Trinajstić information content (AvgIpc) is 2.87. The van der Waals surface area contributed by atoms with E-state index in [0.29, 0.717) is 6.42 Å². The molecule has 3 aromatic carbocycles. The molecule has 3 N–H and O–H groups in total. The molecule has 4 aromatic rings. The summed E-state index contributed by atoms with van der Waals surface area (Å²) < 4.78 is 35.9. The number of phenolic OH excluding ortho intramolecular Hbond substituents is 1. The highest BCUT2D eigenvalue weighted by Gasteiger charge is 2.28. The molecule has 0 bridgehead atoms. The summed E-state index contributed by atoms with van der Waals surface area (Å²) in [6, 6.07) is 13.6. The Morgan fingerprint density at radius 1 is 1.08 bits per heavy atom. The zero-order valence-electron chi connectivity index (χ0n) is 19.5. The van der Waals surface area contributed by atoms with E-state index in [4.69, 9.17) is 27.9 Å². The Bertz CT molecular complexity index is 1750. The van der Waals surface area contributed by atoms with Gasteiger partial charge in [-0.05, 0) is 54.7 Å². The Labute approximate surface area is 226 Å². The van der Waals surface area contributed by atoms with E-state index in [9.17, 15) is 23.1 Å². The number of aromatic hydroxyl groups is 1. The first-order chi connectivity index (χ1) is 18.1. The molecule has 0 saturated carbocycles. The molecule has 5 rings (SSSR count). The minimum absolute atomic E-state index is 0.0122. The van der Waals surface area contributed by atoms with E-state index in [0.717, 1.165) is 34.8 Å². The first-order valence-electron chi connectivity index (χ1n) is 11.4. The molecule has 0 spiro atoms. The van der Waals surface area contributed by atoms with E-state index in [2.05, 4.69) is 14.8 Å². The molecule has 38 heavy (non-hydrogen) atoms. The van der Waals surface area contributed by atoms with Gasteiger partial charge in [0, 0.05) is 12.1 Å². The number of nitrogens with zero attached hydrogens (tertiary/aromatic N) is 2. The maximum absolute atomic E-state index is 13.3. The topological polar surface area (TPSA) is 143 Å². The molecule has 1 aliphatic rings. The third-order valence-electron chi connectivity index (χ3n) is 6.05. The maximum Gasteiger partial charge on any atom is 0.349 e. The number of sulfonamides is 1. The van der Waals surface area contributed by atoms with Crippen molar-refractivity contribution in [1.29, 1.82) is 0 Å². The number of phenols is 1. The lowest BCUT2D eigenvalue weighted by Gasteiger charge is -2.26. The molecule has 0 saturated heterocycles. The zero-order valence-corrected chi connectivity index (χ0v) is 21.8. The van der Waals surface area contributed by atoms with Crippen LogP contribution < -0.4 is 20.7 Å². The number of nitrogens with one attached hydrogen (secondary N) is 2. The first-order valence-corrected chi connectivity index (χ1v) is 13.7. The number of hydrogen-bond acceptors (Lipinski definition) is 7. The Kier molecular flexibility index (Phi) is 7.01. The lowest BCUT2D eigenvalue weighted by Crippen LogP contribution is -2.31. The van der Waals surface area contributed by atoms with Gasteiger partial charge in [0.25, 0.3) is 5.56 Å². The van der Waals surface area contributed by atoms with Gasteiger partial charge in [0.2, 0.25) is 10.0 Å². The molecule has 0 radical (unpaired) electrons. The molecule has 1 aromatic heterocycles. The van der Waals surface area contributed by atoms with E-state index in [1.165, 1.54) is 30.3 Å². The summed E-state index contributed by atoms with van der Waals surface area (Å²) in [5.74, 6) is -0.425. The maximum atomic E-state index is 13.3. The van der Waals surface area contributed by atoms with Gasteiger partial charge in [-0.2, -0.15) is 9.78 Å². The Balaban J connectivity index is 1.44. The van der Waals surface area contributed by atoms with Crippen LogP contribution in [0.3, 0.4) is 0 Å². The van der Waals surface area contributed by atoms with Gasteiger partial charge < -0.3 is 9.84 Å². The van der Waals surface area contributed by atoms with Crippen molar-refractivity contribution in [3.05, 3.63) is 103 Å². The largest absolute Gasteiger partial charge is 0.507 e. The third-order valence-corrected chi connectivity index (χ3v) is 8.11. The monoisotopic (exact) mass is 574 g/mol. The molecule has 0 aliphatic heterocycles. The molecule has 1 heterocycles. The fraction of sp³-hybridized carbons (Fsp3) is 0.160. The molecular weight excluding hydrogens is 555 g/mol. The fourth-order valence-electron chi connectivity index (χ4n) is 4.32. The van der Waals surface area contributed by atoms with Crippen molar-refractivity contribution in [2.75, 3.05) is 0 Å². The number of aryl methyl sites for hydroxylation is 1. The number of ether oxygens (including phenoxy) is 1. The second kappa shape index (κ2) is 10.3. The van der Waals surface area contributed by atoms with Gasteiger partial charge in [-0.3, -0.25) is 9.78 Å². The van der Waals surface area contributed by atoms with Crippen LogP contribution >= 0.6 is 23.2 Å². The van der Waals surface area contributed by atoms with Crippen molar-refractivity contribution in [3.63, 3.8) is 0 Å². The van der Waals surface area contributed by atoms with Crippen LogP contribution in [0.4, 0.5) is 0 Å². The lowest BCUT2D eigenvalue weighted by molar-refractivity contribution is 0.445. The fourth-order valence-corrected chi connectivity index (χ4v) is 6.24. The summed E-state index contributed by atoms with van der Waals surface area (Å²) in [7, 11) is -4.14. The van der Waals surface area contributed by atoms with Crippen molar-refractivity contribution in [3.8, 4) is 22.9 Å². The van der Waals surface area contributed by atoms with Gasteiger partial charge >= 0.3 is 5.69 Å². The predicted octanol–water partition coefficient (Wildman–Crippen LogP) is 4.08. The highest BCUT2D eigenvalue weighted by molar-refractivity contribution is 7.89. The number of aromatic nitrogens is 3. The zero-order chi connectivity index (χ0) is 27.0. The second-order valence-corrected chi connectivity index (χ2v) is 11.1. The summed E-state index contributed by atoms with van der Waals surface area (Å²) in [4.78, 5) is 25.0. The van der Waals surface area contributed by atoms with E-state index >= 15 is 0 Å². The number of aromatic amines is 1. The number of fused-ring (bicyclic) bond motifs is 1. The SMILES string of the molecule is O=c1cnn(-c2cc(Cl)c(Oc3ccc(O)c(S(=O)(=O)NC4CCCc5ccccc54)c3)c(Cl)c2)c(=O)[nH]1. The van der Waals surface area contributed by atoms with Crippen molar-refractivity contribution in [1.82, 2.24) is 19.5 Å². The molecule has 13 heteroatoms. The average molecular weight is 575 g/mol. The van der Waals surface area contributed by atoms with Crippen molar-refractivity contribution >= 4 is 33.2 Å². The number of H-pyrrole nitrogens is 1. The smallest absolute Gasteiger partial charge is 0.349 e. The van der Waals surface area contributed by atoms with Gasteiger partial charge in [0.1, 0.15) is 22.6 Å². The van der Waals surface area contributed by atoms with Gasteiger partial charge in [-0.25, -0.2) is 17.9 Å². The molecule has 1 unspecified atom stereocenters. The van der Waals surface area contributed by atoms with Gasteiger partial charge in [-0.1, -0.05) is 47.5 Å². The van der Waals surface area contributed by atoms with Crippen LogP contribution in [0, 0.1) is 0 Å². The molecule has 10 nitrogen and oxygen atoms in total. The summed E-state index contributed by atoms with van der Waals surface area (Å²) >= 11 is 12.7. The van der Waals surface area contributed by atoms with Crippen molar-refractivity contribution in [2.24, 2.45) is 0 Å². The second-order valence-electron chi connectivity index (χ2n) is 8.59. The number of hydrogen-bond donors (Lipinski definition) is 3. The minimum atomic E-state index is -4.14. The van der Waals surface area contributed by atoms with E-state index < -0.39 is 33.1 Å². The Morgan fingerprint density at radius 3 is 2.55 bits per heavy atom. The quantitative estimate of drug-likeness (QED) is 0.314. The highest BCUT2D eigenvalue weighted by Crippen LogP contribution is 2.40. The summed E-state index contributed by atoms with van der Waals surface area (Å²) in [6.07, 6.45) is 3.24. The van der Waals surface area contributed by atoms with Crippen molar-refractivity contribution in [2.45, 2.75) is 30.2 Å². The number of benzene rings is 3. The normalized spacial score (nSPS) is 15.2. The Morgan fingerprint density at radius 2 is 1.82 bits per heavy atom. The van der Waals surface area contributed by atoms with Crippen LogP contribution in [-0.4, -0.2) is 28.3 Å². The number of halogens is 2. The van der Waals surface area contributed by atoms with E-state index in [1.54, 1.807) is 0 Å². The van der Waals surface area contributed by atoms with Gasteiger partial charge in [-0.15, -0.1) is 0 Å². The molecule has 1 atom stereocenters. The molecular formula is C25H20Cl2N4O6S. The van der Waals surface area contributed by atoms with Crippen LogP contribution in [0.25, 0.3) is 5.69 Å². The van der Waals surface area contributed by atoms with Crippen LogP contribution in [-0.2, 0) is 16.4 Å². The van der Waals surface area contributed by atoms with Gasteiger partial charge in [0.15, 0.2) is 5.75 Å². The number of rotatable bonds is 6. The molecule has 0 fully saturated rings. The van der Waals surface area contributed by atoms with E-state index in [1.807, 2.05) is 24.3 Å². The van der Waals surface area contributed by atoms with Crippen LogP contribution in [0.1, 0.15) is 30.0 Å². The standard InChI is InChI=1S/C25H20Cl2N4O6S/c26-18-10-15(31-25(34)29-23(33)13-28-31)11-19(27)24(18)37-16-8-9-21(32)22(12-16)38(35,36)30-20-7-3-5-14-4-1-2-6-17(14)20/h1-2,4,6,8-13,20,30,32H,3,5,7H2,(H,29,33,34). The summed E-state index contributed by atoms with van der Waals surface area (Å²) in [5, 5.41) is 14.1. The third kappa shape index (κ3) is 5.18. The van der Waals surface area contributed by atoms with E-state index in [-0.39, 0.29) is 32.1 Å². The molecule has 0 amide bonds. The van der Waals surface area contributed by atoms with Crippen LogP contribution in [0.15, 0.2) is 75.3 Å². The van der Waals surface area contributed by atoms with Crippen molar-refractivity contribution < 1.29 is 18.3 Å². The van der Waals surface area contributed by atoms with Crippen LogP contribution in [0.5, 0.6) is 17.2 Å². The predicted molar refractivity (Wildman–Crippen MR) is 141 cm³/mol. The molecule has 196 valence electrons. The van der Waals surface area contributed by atoms with Gasteiger partial charge in [0.05, 0.1) is 15.7 Å². The minimum Gasteiger partial charge on any atom is -0.507 e. The van der Waals surface area contributed by atoms with Crippen LogP contribution in [0.2, 0.25) is 10.0 Å². The summed E-state index contributed by atoms with van der Waals surface area (Å²) in [6.45, 7) is 0. The lowest BCUT2D eigenvalue weighted by atomic mass is 9.88. The highest BCUT2D eigenvalue weighted by atomic mass is 35.5. The first kappa shape index (κ1) is 26.0. The summed E-state index contributed by atoms with van der Waals surface area (Å²) in [5.41, 5.74) is 0.701. The molecule has 1 aliphatic carbocycles. The Hall–Kier alpha value is -3.64.